The molecule has 6 heteroatoms. The molecule has 0 radical (unpaired) electrons. The number of hydrogen-bond donors (Lipinski definition) is 0. The molecule has 0 saturated heterocycles. The van der Waals surface area contributed by atoms with Gasteiger partial charge in [-0.25, -0.2) is 15.0 Å². The van der Waals surface area contributed by atoms with Gasteiger partial charge < -0.3 is 13.4 Å². The van der Waals surface area contributed by atoms with Crippen molar-refractivity contribution in [2.45, 2.75) is 0 Å². The molecule has 6 nitrogen and oxygen atoms in total. The van der Waals surface area contributed by atoms with Crippen LogP contribution in [0.2, 0.25) is 0 Å². The van der Waals surface area contributed by atoms with Crippen molar-refractivity contribution in [3.8, 4) is 51.0 Å². The van der Waals surface area contributed by atoms with Crippen LogP contribution in [0.15, 0.2) is 203 Å². The predicted octanol–water partition coefficient (Wildman–Crippen LogP) is 14.6. The number of nitrogens with zero attached hydrogens (tertiary/aromatic N) is 4. The Bertz CT molecular complexity index is 3880. The summed E-state index contributed by atoms with van der Waals surface area (Å²) in [5, 5.41) is 8.88. The number of rotatable bonds is 5. The SMILES string of the molecule is c1ccc(-c2ccc(-c3nc(-c4ccc5c(c4)oc4ccccc45)nc(-c4ccc(-n5c6ccccc6c6c7ccccc7ccc65)c5oc6ccccc6c45)n3)cc2)cc1. The molecule has 13 aromatic rings. The fourth-order valence-electron chi connectivity index (χ4n) is 9.24. The van der Waals surface area contributed by atoms with Gasteiger partial charge >= 0.3 is 0 Å². The smallest absolute Gasteiger partial charge is 0.164 e. The Morgan fingerprint density at radius 3 is 1.79 bits per heavy atom. The highest BCUT2D eigenvalue weighted by molar-refractivity contribution is 6.22. The topological polar surface area (TPSA) is 69.9 Å². The Labute approximate surface area is 348 Å². The average Bonchev–Trinajstić information content (AvgIpc) is 4.01. The van der Waals surface area contributed by atoms with Gasteiger partial charge in [0.15, 0.2) is 23.1 Å². The van der Waals surface area contributed by atoms with Crippen LogP contribution in [0.3, 0.4) is 0 Å². The second kappa shape index (κ2) is 13.1. The molecule has 0 unspecified atom stereocenters. The molecule has 4 heterocycles. The van der Waals surface area contributed by atoms with E-state index < -0.39 is 0 Å². The van der Waals surface area contributed by atoms with Crippen LogP contribution < -0.4 is 0 Å². The summed E-state index contributed by atoms with van der Waals surface area (Å²) in [7, 11) is 0. The van der Waals surface area contributed by atoms with E-state index in [0.717, 1.165) is 88.4 Å². The van der Waals surface area contributed by atoms with E-state index in [-0.39, 0.29) is 0 Å². The van der Waals surface area contributed by atoms with Crippen molar-refractivity contribution in [2.24, 2.45) is 0 Å². The molecule has 0 saturated carbocycles. The van der Waals surface area contributed by atoms with E-state index in [0.29, 0.717) is 17.5 Å². The van der Waals surface area contributed by atoms with E-state index >= 15 is 0 Å². The van der Waals surface area contributed by atoms with Gasteiger partial charge in [-0.3, -0.25) is 0 Å². The predicted molar refractivity (Wildman–Crippen MR) is 248 cm³/mol. The first-order valence-electron chi connectivity index (χ1n) is 20.4. The maximum absolute atomic E-state index is 6.91. The van der Waals surface area contributed by atoms with E-state index in [2.05, 4.69) is 156 Å². The van der Waals surface area contributed by atoms with Crippen LogP contribution in [0.5, 0.6) is 0 Å². The highest BCUT2D eigenvalue weighted by atomic mass is 16.3. The minimum atomic E-state index is 0.549. The van der Waals surface area contributed by atoms with Crippen molar-refractivity contribution in [3.05, 3.63) is 194 Å². The van der Waals surface area contributed by atoms with Gasteiger partial charge in [0.1, 0.15) is 16.7 Å². The Morgan fingerprint density at radius 1 is 0.344 bits per heavy atom. The molecule has 284 valence electrons. The molecule has 0 fully saturated rings. The van der Waals surface area contributed by atoms with E-state index in [1.165, 1.54) is 21.5 Å². The maximum atomic E-state index is 6.91. The first-order chi connectivity index (χ1) is 30.2. The number of hydrogen-bond acceptors (Lipinski definition) is 5. The summed E-state index contributed by atoms with van der Waals surface area (Å²) < 4.78 is 15.6. The van der Waals surface area contributed by atoms with Gasteiger partial charge in [0.05, 0.1) is 16.7 Å². The van der Waals surface area contributed by atoms with Crippen molar-refractivity contribution >= 4 is 76.5 Å². The molecule has 0 N–H and O–H groups in total. The molecule has 0 spiro atoms. The summed E-state index contributed by atoms with van der Waals surface area (Å²) in [6.45, 7) is 0. The number of fused-ring (bicyclic) bond motifs is 11. The third kappa shape index (κ3) is 5.19. The standard InChI is InChI=1S/C55H32N4O2/c1-2-12-33(13-3-1)34-22-24-36(25-23-34)53-56-54(37-26-28-40-39-16-7-10-20-47(39)60-49(40)32-37)58-55(57-53)43-29-31-46(52-51(43)42-18-8-11-21-48(42)61-52)59-44-19-9-6-17-41(44)50-38-15-5-4-14-35(38)27-30-45(50)59/h1-32H. The van der Waals surface area contributed by atoms with Crippen molar-refractivity contribution < 1.29 is 8.83 Å². The minimum Gasteiger partial charge on any atom is -0.456 e. The largest absolute Gasteiger partial charge is 0.456 e. The minimum absolute atomic E-state index is 0.549. The molecule has 0 aliphatic carbocycles. The van der Waals surface area contributed by atoms with Gasteiger partial charge in [-0.2, -0.15) is 0 Å². The van der Waals surface area contributed by atoms with E-state index in [1.807, 2.05) is 42.5 Å². The number of aromatic nitrogens is 4. The Hall–Kier alpha value is -8.35. The average molecular weight is 781 g/mol. The molecule has 0 bridgehead atoms. The van der Waals surface area contributed by atoms with Crippen LogP contribution in [0.25, 0.3) is 127 Å². The summed E-state index contributed by atoms with van der Waals surface area (Å²) in [5.41, 5.74) is 11.2. The quantitative estimate of drug-likeness (QED) is 0.174. The van der Waals surface area contributed by atoms with Crippen molar-refractivity contribution in [3.63, 3.8) is 0 Å². The van der Waals surface area contributed by atoms with Gasteiger partial charge in [0, 0.05) is 49.0 Å². The second-order valence-corrected chi connectivity index (χ2v) is 15.5. The van der Waals surface area contributed by atoms with E-state index in [4.69, 9.17) is 23.8 Å². The highest BCUT2D eigenvalue weighted by Crippen LogP contribution is 2.44. The van der Waals surface area contributed by atoms with Gasteiger partial charge in [-0.15, -0.1) is 0 Å². The molecule has 0 atom stereocenters. The zero-order valence-corrected chi connectivity index (χ0v) is 32.6. The van der Waals surface area contributed by atoms with Crippen LogP contribution in [0, 0.1) is 0 Å². The van der Waals surface area contributed by atoms with Gasteiger partial charge in [-0.1, -0.05) is 146 Å². The molecule has 61 heavy (non-hydrogen) atoms. The first-order valence-corrected chi connectivity index (χ1v) is 20.4. The summed E-state index contributed by atoms with van der Waals surface area (Å²) >= 11 is 0. The zero-order valence-electron chi connectivity index (χ0n) is 32.6. The van der Waals surface area contributed by atoms with Gasteiger partial charge in [0.25, 0.3) is 0 Å². The lowest BCUT2D eigenvalue weighted by Gasteiger charge is -2.13. The van der Waals surface area contributed by atoms with E-state index in [1.54, 1.807) is 0 Å². The second-order valence-electron chi connectivity index (χ2n) is 15.5. The molecular weight excluding hydrogens is 749 g/mol. The van der Waals surface area contributed by atoms with Gasteiger partial charge in [-0.05, 0) is 70.4 Å². The Morgan fingerprint density at radius 2 is 0.951 bits per heavy atom. The van der Waals surface area contributed by atoms with Crippen LogP contribution in [-0.4, -0.2) is 19.5 Å². The van der Waals surface area contributed by atoms with E-state index in [9.17, 15) is 0 Å². The lowest BCUT2D eigenvalue weighted by molar-refractivity contribution is 0.666. The maximum Gasteiger partial charge on any atom is 0.164 e. The number of para-hydroxylation sites is 3. The lowest BCUT2D eigenvalue weighted by atomic mass is 10.0. The summed E-state index contributed by atoms with van der Waals surface area (Å²) in [4.78, 5) is 15.7. The summed E-state index contributed by atoms with van der Waals surface area (Å²) in [6.07, 6.45) is 0. The fourth-order valence-corrected chi connectivity index (χ4v) is 9.24. The molecule has 0 amide bonds. The lowest BCUT2D eigenvalue weighted by Crippen LogP contribution is -2.01. The highest BCUT2D eigenvalue weighted by Gasteiger charge is 2.24. The molecule has 0 aliphatic rings. The normalized spacial score (nSPS) is 11.9. The van der Waals surface area contributed by atoms with Crippen molar-refractivity contribution in [1.29, 1.82) is 0 Å². The molecule has 9 aromatic carbocycles. The van der Waals surface area contributed by atoms with Crippen LogP contribution in [-0.2, 0) is 0 Å². The fraction of sp³-hybridized carbons (Fsp3) is 0. The molecule has 4 aromatic heterocycles. The third-order valence-corrected chi connectivity index (χ3v) is 12.1. The number of benzene rings is 9. The van der Waals surface area contributed by atoms with Crippen LogP contribution in [0.4, 0.5) is 0 Å². The Balaban J connectivity index is 1.06. The monoisotopic (exact) mass is 780 g/mol. The summed E-state index contributed by atoms with van der Waals surface area (Å²) in [5.74, 6) is 1.67. The van der Waals surface area contributed by atoms with Crippen LogP contribution in [0.1, 0.15) is 0 Å². The zero-order chi connectivity index (χ0) is 40.0. The van der Waals surface area contributed by atoms with Crippen LogP contribution >= 0.6 is 0 Å². The molecule has 0 aliphatic heterocycles. The molecule has 13 rings (SSSR count). The first kappa shape index (κ1) is 33.6. The van der Waals surface area contributed by atoms with Crippen molar-refractivity contribution in [2.75, 3.05) is 0 Å². The molecular formula is C55H32N4O2. The van der Waals surface area contributed by atoms with Gasteiger partial charge in [0.2, 0.25) is 0 Å². The Kier molecular flexibility index (Phi) is 7.21. The summed E-state index contributed by atoms with van der Waals surface area (Å²) in [6, 6.07) is 67.3. The third-order valence-electron chi connectivity index (χ3n) is 12.1. The number of furan rings is 2. The van der Waals surface area contributed by atoms with Crippen molar-refractivity contribution in [1.82, 2.24) is 19.5 Å².